The van der Waals surface area contributed by atoms with Crippen molar-refractivity contribution in [3.8, 4) is 22.6 Å². The fourth-order valence-electron chi connectivity index (χ4n) is 3.11. The molecule has 0 saturated heterocycles. The number of aromatic amines is 1. The molecule has 6 heteroatoms. The first-order valence-corrected chi connectivity index (χ1v) is 9.11. The van der Waals surface area contributed by atoms with Crippen molar-refractivity contribution in [3.05, 3.63) is 76.0 Å². The molecule has 0 amide bonds. The Morgan fingerprint density at radius 3 is 2.65 bits per heavy atom. The maximum atomic E-state index is 12.8. The van der Waals surface area contributed by atoms with Crippen LogP contribution in [0.4, 0.5) is 0 Å². The highest BCUT2D eigenvalue weighted by molar-refractivity contribution is 7.15. The van der Waals surface area contributed by atoms with Crippen LogP contribution in [0.2, 0.25) is 0 Å². The lowest BCUT2D eigenvalue weighted by atomic mass is 10.1. The van der Waals surface area contributed by atoms with E-state index in [4.69, 9.17) is 4.98 Å². The molecule has 0 aliphatic rings. The topological polar surface area (TPSA) is 63.1 Å². The summed E-state index contributed by atoms with van der Waals surface area (Å²) in [6, 6.07) is 15.7. The molecule has 3 aromatic heterocycles. The van der Waals surface area contributed by atoms with Gasteiger partial charge in [0.25, 0.3) is 5.56 Å². The molecule has 1 N–H and O–H groups in total. The molecule has 0 bridgehead atoms. The summed E-state index contributed by atoms with van der Waals surface area (Å²) in [6.45, 7) is 2.05. The van der Waals surface area contributed by atoms with E-state index in [1.165, 1.54) is 16.9 Å². The van der Waals surface area contributed by atoms with Crippen LogP contribution >= 0.6 is 11.3 Å². The van der Waals surface area contributed by atoms with Crippen molar-refractivity contribution >= 4 is 27.3 Å². The minimum atomic E-state index is -0.218. The molecule has 3 heterocycles. The van der Waals surface area contributed by atoms with Gasteiger partial charge in [0.15, 0.2) is 10.7 Å². The van der Waals surface area contributed by atoms with Crippen LogP contribution in [0.3, 0.4) is 0 Å². The Labute approximate surface area is 152 Å². The smallest absolute Gasteiger partial charge is 0.276 e. The van der Waals surface area contributed by atoms with E-state index in [9.17, 15) is 4.79 Å². The van der Waals surface area contributed by atoms with Crippen molar-refractivity contribution < 1.29 is 0 Å². The summed E-state index contributed by atoms with van der Waals surface area (Å²) >= 11 is 1.54. The van der Waals surface area contributed by atoms with Crippen molar-refractivity contribution in [3.63, 3.8) is 0 Å². The monoisotopic (exact) mass is 358 g/mol. The van der Waals surface area contributed by atoms with Gasteiger partial charge in [-0.2, -0.15) is 0 Å². The number of thiazole rings is 1. The Bertz CT molecular complexity index is 1310. The molecule has 0 unspecified atom stereocenters. The molecule has 126 valence electrons. The maximum Gasteiger partial charge on any atom is 0.276 e. The van der Waals surface area contributed by atoms with Crippen molar-refractivity contribution in [1.29, 1.82) is 0 Å². The number of para-hydroxylation sites is 2. The second kappa shape index (κ2) is 5.64. The maximum absolute atomic E-state index is 12.8. The number of benzene rings is 2. The van der Waals surface area contributed by atoms with Crippen LogP contribution in [0.1, 0.15) is 5.56 Å². The number of rotatable bonds is 2. The van der Waals surface area contributed by atoms with E-state index in [1.807, 2.05) is 71.4 Å². The Kier molecular flexibility index (Phi) is 3.26. The third kappa shape index (κ3) is 2.27. The van der Waals surface area contributed by atoms with Gasteiger partial charge in [-0.15, -0.1) is 11.3 Å². The number of hydrogen-bond donors (Lipinski definition) is 1. The fourth-order valence-corrected chi connectivity index (χ4v) is 3.83. The van der Waals surface area contributed by atoms with E-state index in [0.29, 0.717) is 5.69 Å². The van der Waals surface area contributed by atoms with Crippen LogP contribution in [0, 0.1) is 6.92 Å². The number of nitrogens with one attached hydrogen (secondary N) is 1. The minimum Gasteiger partial charge on any atom is -0.319 e. The van der Waals surface area contributed by atoms with Gasteiger partial charge in [-0.1, -0.05) is 42.0 Å². The Morgan fingerprint density at radius 1 is 1.00 bits per heavy atom. The van der Waals surface area contributed by atoms with Crippen LogP contribution in [-0.2, 0) is 0 Å². The first kappa shape index (κ1) is 15.0. The highest BCUT2D eigenvalue weighted by Crippen LogP contribution is 2.32. The average molecular weight is 358 g/mol. The molecule has 0 radical (unpaired) electrons. The molecule has 0 saturated carbocycles. The van der Waals surface area contributed by atoms with Gasteiger partial charge < -0.3 is 4.98 Å². The molecule has 0 aliphatic heterocycles. The summed E-state index contributed by atoms with van der Waals surface area (Å²) in [5, 5.41) is 1.96. The quantitative estimate of drug-likeness (QED) is 0.512. The summed E-state index contributed by atoms with van der Waals surface area (Å²) in [5.41, 5.74) is 5.28. The zero-order valence-corrected chi connectivity index (χ0v) is 14.7. The number of imidazole rings is 1. The standard InChI is InChI=1S/C20H14N4OS/c1-12-6-8-13(9-7-12)16-18(24-10-11-26-20(24)23-16)17-19(25)22-15-5-3-2-4-14(15)21-17/h2-11H,1H3,(H,22,25). The second-order valence-corrected chi connectivity index (χ2v) is 7.04. The SMILES string of the molecule is Cc1ccc(-c2nc3sccn3c2-c2nc3ccccc3[nH]c2=O)cc1. The zero-order chi connectivity index (χ0) is 17.7. The molecule has 2 aromatic carbocycles. The molecule has 0 atom stereocenters. The van der Waals surface area contributed by atoms with E-state index >= 15 is 0 Å². The van der Waals surface area contributed by atoms with E-state index < -0.39 is 0 Å². The average Bonchev–Trinajstić information content (AvgIpc) is 3.23. The molecular formula is C20H14N4OS. The van der Waals surface area contributed by atoms with Crippen LogP contribution in [0.25, 0.3) is 38.6 Å². The molecule has 5 rings (SSSR count). The van der Waals surface area contributed by atoms with Crippen molar-refractivity contribution in [2.75, 3.05) is 0 Å². The Balaban J connectivity index is 1.85. The lowest BCUT2D eigenvalue weighted by Crippen LogP contribution is -2.12. The van der Waals surface area contributed by atoms with E-state index in [0.717, 1.165) is 32.9 Å². The summed E-state index contributed by atoms with van der Waals surface area (Å²) < 4.78 is 1.94. The second-order valence-electron chi connectivity index (χ2n) is 6.16. The Hall–Kier alpha value is -3.25. The van der Waals surface area contributed by atoms with Crippen LogP contribution in [-0.4, -0.2) is 19.4 Å². The molecule has 26 heavy (non-hydrogen) atoms. The summed E-state index contributed by atoms with van der Waals surface area (Å²) in [5.74, 6) is 0. The van der Waals surface area contributed by atoms with Gasteiger partial charge in [0.05, 0.1) is 11.0 Å². The number of nitrogens with zero attached hydrogens (tertiary/aromatic N) is 3. The molecule has 0 aliphatic carbocycles. The van der Waals surface area contributed by atoms with Gasteiger partial charge in [-0.05, 0) is 19.1 Å². The number of aromatic nitrogens is 4. The molecular weight excluding hydrogens is 344 g/mol. The van der Waals surface area contributed by atoms with E-state index in [1.54, 1.807) is 0 Å². The van der Waals surface area contributed by atoms with Crippen LogP contribution in [0.5, 0.6) is 0 Å². The zero-order valence-electron chi connectivity index (χ0n) is 13.9. The van der Waals surface area contributed by atoms with Gasteiger partial charge in [0.1, 0.15) is 11.4 Å². The highest BCUT2D eigenvalue weighted by Gasteiger charge is 2.20. The summed E-state index contributed by atoms with van der Waals surface area (Å²) in [6.07, 6.45) is 1.93. The predicted octanol–water partition coefficient (Wildman–Crippen LogP) is 4.27. The third-order valence-electron chi connectivity index (χ3n) is 4.41. The largest absolute Gasteiger partial charge is 0.319 e. The lowest BCUT2D eigenvalue weighted by molar-refractivity contribution is 1.16. The normalized spacial score (nSPS) is 11.4. The number of aryl methyl sites for hydroxylation is 1. The molecule has 5 aromatic rings. The number of hydrogen-bond acceptors (Lipinski definition) is 4. The van der Waals surface area contributed by atoms with Crippen molar-refractivity contribution in [1.82, 2.24) is 19.4 Å². The fraction of sp³-hybridized carbons (Fsp3) is 0.0500. The minimum absolute atomic E-state index is 0.218. The first-order chi connectivity index (χ1) is 12.7. The predicted molar refractivity (Wildman–Crippen MR) is 105 cm³/mol. The highest BCUT2D eigenvalue weighted by atomic mass is 32.1. The summed E-state index contributed by atoms with van der Waals surface area (Å²) in [7, 11) is 0. The van der Waals surface area contributed by atoms with Gasteiger partial charge >= 0.3 is 0 Å². The summed E-state index contributed by atoms with van der Waals surface area (Å²) in [4.78, 5) is 26.0. The molecule has 5 nitrogen and oxygen atoms in total. The Morgan fingerprint density at radius 2 is 1.81 bits per heavy atom. The third-order valence-corrected chi connectivity index (χ3v) is 5.17. The van der Waals surface area contributed by atoms with Gasteiger partial charge in [0, 0.05) is 17.1 Å². The number of fused-ring (bicyclic) bond motifs is 2. The van der Waals surface area contributed by atoms with Crippen molar-refractivity contribution in [2.45, 2.75) is 6.92 Å². The van der Waals surface area contributed by atoms with Gasteiger partial charge in [-0.25, -0.2) is 9.97 Å². The van der Waals surface area contributed by atoms with Crippen LogP contribution in [0.15, 0.2) is 64.9 Å². The number of H-pyrrole nitrogens is 1. The van der Waals surface area contributed by atoms with Gasteiger partial charge in [-0.3, -0.25) is 9.20 Å². The van der Waals surface area contributed by atoms with Gasteiger partial charge in [0.2, 0.25) is 0 Å². The lowest BCUT2D eigenvalue weighted by Gasteiger charge is -2.05. The van der Waals surface area contributed by atoms with E-state index in [2.05, 4.69) is 9.97 Å². The molecule has 0 fully saturated rings. The van der Waals surface area contributed by atoms with Crippen molar-refractivity contribution in [2.24, 2.45) is 0 Å². The molecule has 0 spiro atoms. The van der Waals surface area contributed by atoms with E-state index in [-0.39, 0.29) is 5.56 Å². The van der Waals surface area contributed by atoms with Crippen LogP contribution < -0.4 is 5.56 Å². The first-order valence-electron chi connectivity index (χ1n) is 8.23.